The third kappa shape index (κ3) is 3.84. The second-order valence-corrected chi connectivity index (χ2v) is 7.00. The number of hydrogen-bond acceptors (Lipinski definition) is 4. The summed E-state index contributed by atoms with van der Waals surface area (Å²) >= 11 is 6.30. The van der Waals surface area contributed by atoms with Gasteiger partial charge in [0.2, 0.25) is 0 Å². The minimum absolute atomic E-state index is 0.116. The summed E-state index contributed by atoms with van der Waals surface area (Å²) in [6.45, 7) is 5.32. The third-order valence-electron chi connectivity index (χ3n) is 2.81. The van der Waals surface area contributed by atoms with Crippen LogP contribution in [0.4, 0.5) is 0 Å². The average molecular weight is 326 g/mol. The van der Waals surface area contributed by atoms with Crippen molar-refractivity contribution in [3.8, 4) is 0 Å². The number of hydrogen-bond donors (Lipinski definition) is 1. The van der Waals surface area contributed by atoms with Crippen molar-refractivity contribution in [1.29, 1.82) is 0 Å². The monoisotopic (exact) mass is 326 g/mol. The van der Waals surface area contributed by atoms with Crippen molar-refractivity contribution in [2.24, 2.45) is 0 Å². The molecule has 20 heavy (non-hydrogen) atoms. The molecule has 0 aliphatic rings. The van der Waals surface area contributed by atoms with E-state index in [1.54, 1.807) is 11.3 Å². The largest absolute Gasteiger partial charge is 0.334 e. The van der Waals surface area contributed by atoms with Crippen molar-refractivity contribution in [2.45, 2.75) is 24.4 Å². The molecular weight excluding hydrogens is 307 g/mol. The minimum Gasteiger partial charge on any atom is -0.334 e. The third-order valence-corrected chi connectivity index (χ3v) is 5.95. The molecule has 108 valence electrons. The second-order valence-electron chi connectivity index (χ2n) is 4.14. The summed E-state index contributed by atoms with van der Waals surface area (Å²) < 4.78 is 11.8. The maximum Gasteiger partial charge on any atom is 0.183 e. The van der Waals surface area contributed by atoms with Crippen molar-refractivity contribution in [1.82, 2.24) is 0 Å². The Morgan fingerprint density at radius 2 is 1.85 bits per heavy atom. The fourth-order valence-corrected chi connectivity index (χ4v) is 4.92. The zero-order chi connectivity index (χ0) is 14.4. The van der Waals surface area contributed by atoms with Crippen LogP contribution in [0.25, 0.3) is 0 Å². The van der Waals surface area contributed by atoms with Gasteiger partial charge in [-0.2, -0.15) is 11.3 Å². The van der Waals surface area contributed by atoms with E-state index < -0.39 is 8.38 Å². The van der Waals surface area contributed by atoms with Gasteiger partial charge in [-0.05, 0) is 47.9 Å². The zero-order valence-electron chi connectivity index (χ0n) is 11.7. The van der Waals surface area contributed by atoms with E-state index >= 15 is 0 Å². The molecule has 0 saturated carbocycles. The van der Waals surface area contributed by atoms with Gasteiger partial charge in [-0.15, -0.1) is 12.6 Å². The van der Waals surface area contributed by atoms with Crippen LogP contribution in [0.1, 0.15) is 30.6 Å². The van der Waals surface area contributed by atoms with Gasteiger partial charge in [-0.25, -0.2) is 0 Å². The Kier molecular flexibility index (Phi) is 6.53. The highest BCUT2D eigenvalue weighted by Gasteiger charge is 2.28. The van der Waals surface area contributed by atoms with E-state index in [0.29, 0.717) is 13.2 Å². The first-order valence-corrected chi connectivity index (χ1v) is 9.26. The molecule has 1 aromatic heterocycles. The summed E-state index contributed by atoms with van der Waals surface area (Å²) in [6.07, 6.45) is 0. The van der Waals surface area contributed by atoms with Crippen LogP contribution in [-0.4, -0.2) is 13.2 Å². The minimum atomic E-state index is -1.01. The lowest BCUT2D eigenvalue weighted by Crippen LogP contribution is -2.04. The number of rotatable bonds is 7. The first kappa shape index (κ1) is 16.0. The van der Waals surface area contributed by atoms with Crippen LogP contribution < -0.4 is 0 Å². The summed E-state index contributed by atoms with van der Waals surface area (Å²) in [5.41, 5.74) is 2.52. The molecular formula is C15H19O2PS2. The molecule has 1 unspecified atom stereocenters. The SMILES string of the molecule is CCOP(OCC)C(c1ccsc1)c1ccccc1S. The molecule has 2 nitrogen and oxygen atoms in total. The lowest BCUT2D eigenvalue weighted by Gasteiger charge is -2.26. The van der Waals surface area contributed by atoms with E-state index in [1.165, 1.54) is 11.1 Å². The normalized spacial score (nSPS) is 12.8. The summed E-state index contributed by atoms with van der Waals surface area (Å²) in [7, 11) is -1.01. The molecule has 0 N–H and O–H groups in total. The van der Waals surface area contributed by atoms with Gasteiger partial charge < -0.3 is 9.05 Å². The quantitative estimate of drug-likeness (QED) is 0.534. The maximum absolute atomic E-state index is 5.89. The molecule has 0 radical (unpaired) electrons. The summed E-state index contributed by atoms with van der Waals surface area (Å²) in [4.78, 5) is 0.982. The van der Waals surface area contributed by atoms with Crippen molar-refractivity contribution >= 4 is 32.3 Å². The van der Waals surface area contributed by atoms with Crippen molar-refractivity contribution in [3.63, 3.8) is 0 Å². The highest BCUT2D eigenvalue weighted by atomic mass is 32.1. The smallest absolute Gasteiger partial charge is 0.183 e. The fraction of sp³-hybridized carbons (Fsp3) is 0.333. The first-order chi connectivity index (χ1) is 9.77. The average Bonchev–Trinajstić information content (AvgIpc) is 2.96. The molecule has 0 aliphatic carbocycles. The highest BCUT2D eigenvalue weighted by Crippen LogP contribution is 2.57. The molecule has 5 heteroatoms. The van der Waals surface area contributed by atoms with E-state index in [-0.39, 0.29) is 5.66 Å². The number of thiol groups is 1. The van der Waals surface area contributed by atoms with Crippen LogP contribution in [0.5, 0.6) is 0 Å². The molecule has 0 saturated heterocycles. The lowest BCUT2D eigenvalue weighted by molar-refractivity contribution is 0.265. The standard InChI is InChI=1S/C15H19O2PS2/c1-3-16-18(17-4-2)15(12-9-10-20-11-12)13-7-5-6-8-14(13)19/h5-11,15,19H,3-4H2,1-2H3. The number of benzene rings is 1. The Labute approximate surface area is 131 Å². The topological polar surface area (TPSA) is 18.5 Å². The van der Waals surface area contributed by atoms with E-state index in [4.69, 9.17) is 9.05 Å². The predicted octanol–water partition coefficient (Wildman–Crippen LogP) is 5.51. The molecule has 0 fully saturated rings. The summed E-state index contributed by atoms with van der Waals surface area (Å²) in [5.74, 6) is 0. The molecule has 1 heterocycles. The van der Waals surface area contributed by atoms with Gasteiger partial charge in [-0.3, -0.25) is 0 Å². The Morgan fingerprint density at radius 1 is 1.15 bits per heavy atom. The second kappa shape index (κ2) is 8.16. The number of thiophene rings is 1. The van der Waals surface area contributed by atoms with E-state index in [0.717, 1.165) is 4.90 Å². The molecule has 1 aromatic carbocycles. The Bertz CT molecular complexity index is 510. The molecule has 1 atom stereocenters. The lowest BCUT2D eigenvalue weighted by atomic mass is 10.1. The molecule has 0 spiro atoms. The van der Waals surface area contributed by atoms with Crippen LogP contribution >= 0.6 is 32.3 Å². The summed E-state index contributed by atoms with van der Waals surface area (Å²) in [5, 5.41) is 4.26. The summed E-state index contributed by atoms with van der Waals surface area (Å²) in [6, 6.07) is 10.3. The fourth-order valence-electron chi connectivity index (χ4n) is 2.00. The molecule has 0 bridgehead atoms. The van der Waals surface area contributed by atoms with Gasteiger partial charge in [0, 0.05) is 4.90 Å². The van der Waals surface area contributed by atoms with Crippen molar-refractivity contribution in [3.05, 3.63) is 52.2 Å². The van der Waals surface area contributed by atoms with Crippen LogP contribution in [0.15, 0.2) is 46.0 Å². The van der Waals surface area contributed by atoms with E-state index in [2.05, 4.69) is 35.5 Å². The van der Waals surface area contributed by atoms with Crippen LogP contribution in [0.3, 0.4) is 0 Å². The van der Waals surface area contributed by atoms with Crippen molar-refractivity contribution in [2.75, 3.05) is 13.2 Å². The zero-order valence-corrected chi connectivity index (χ0v) is 14.3. The van der Waals surface area contributed by atoms with Crippen molar-refractivity contribution < 1.29 is 9.05 Å². The molecule has 2 rings (SSSR count). The van der Waals surface area contributed by atoms with Gasteiger partial charge in [0.05, 0.1) is 18.9 Å². The Hall–Kier alpha value is -0.380. The molecule has 2 aromatic rings. The van der Waals surface area contributed by atoms with Crippen LogP contribution in [0.2, 0.25) is 0 Å². The molecule has 0 aliphatic heterocycles. The predicted molar refractivity (Wildman–Crippen MR) is 90.0 cm³/mol. The maximum atomic E-state index is 5.89. The van der Waals surface area contributed by atoms with Gasteiger partial charge >= 0.3 is 0 Å². The van der Waals surface area contributed by atoms with E-state index in [1.807, 2.05) is 32.0 Å². The van der Waals surface area contributed by atoms with Gasteiger partial charge in [0.15, 0.2) is 8.38 Å². The Balaban J connectivity index is 2.41. The molecule has 0 amide bonds. The van der Waals surface area contributed by atoms with Gasteiger partial charge in [0.1, 0.15) is 0 Å². The Morgan fingerprint density at radius 3 is 2.40 bits per heavy atom. The highest BCUT2D eigenvalue weighted by molar-refractivity contribution is 7.80. The van der Waals surface area contributed by atoms with Crippen LogP contribution in [-0.2, 0) is 9.05 Å². The van der Waals surface area contributed by atoms with Gasteiger partial charge in [-0.1, -0.05) is 18.2 Å². The van der Waals surface area contributed by atoms with Crippen LogP contribution in [0, 0.1) is 0 Å². The van der Waals surface area contributed by atoms with Gasteiger partial charge in [0.25, 0.3) is 0 Å². The first-order valence-electron chi connectivity index (χ1n) is 6.63. The van der Waals surface area contributed by atoms with E-state index in [9.17, 15) is 0 Å².